The van der Waals surface area contributed by atoms with Gasteiger partial charge in [-0.3, -0.25) is 9.69 Å². The van der Waals surface area contributed by atoms with Crippen LogP contribution < -0.4 is 15.4 Å². The summed E-state index contributed by atoms with van der Waals surface area (Å²) in [6, 6.07) is 17.5. The predicted octanol–water partition coefficient (Wildman–Crippen LogP) is 4.76. The number of hydrogen-bond acceptors (Lipinski definition) is 5. The smallest absolute Gasteiger partial charge is 0.161 e. The van der Waals surface area contributed by atoms with Gasteiger partial charge in [0.2, 0.25) is 0 Å². The van der Waals surface area contributed by atoms with Crippen molar-refractivity contribution >= 4 is 27.4 Å². The first-order valence-corrected chi connectivity index (χ1v) is 10.2. The summed E-state index contributed by atoms with van der Waals surface area (Å²) in [5, 5.41) is 9.99. The van der Waals surface area contributed by atoms with Crippen LogP contribution in [0.3, 0.4) is 0 Å². The van der Waals surface area contributed by atoms with E-state index in [-0.39, 0.29) is 5.78 Å². The van der Waals surface area contributed by atoms with E-state index in [1.165, 1.54) is 0 Å². The summed E-state index contributed by atoms with van der Waals surface area (Å²) in [6.07, 6.45) is 1.99. The molecule has 146 valence electrons. The Hall–Kier alpha value is -3.04. The predicted molar refractivity (Wildman–Crippen MR) is 115 cm³/mol. The fourth-order valence-electron chi connectivity index (χ4n) is 4.10. The Balaban J connectivity index is 1.92. The molecule has 29 heavy (non-hydrogen) atoms. The number of Topliss-reactive ketones (excluding diaryl/α,β-unsaturated/α-hetero) is 1. The number of methoxy groups -OCH3 is 1. The number of carbonyl (C=O) groups is 1. The van der Waals surface area contributed by atoms with E-state index in [1.54, 1.807) is 7.11 Å². The molecule has 1 aliphatic carbocycles. The summed E-state index contributed by atoms with van der Waals surface area (Å²) in [7, 11) is 1.61. The van der Waals surface area contributed by atoms with Crippen molar-refractivity contribution in [3.05, 3.63) is 81.2 Å². The number of rotatable bonds is 3. The van der Waals surface area contributed by atoms with Crippen LogP contribution in [0.4, 0.5) is 5.69 Å². The van der Waals surface area contributed by atoms with E-state index in [2.05, 4.69) is 22.0 Å². The van der Waals surface area contributed by atoms with Crippen LogP contribution in [0.1, 0.15) is 30.7 Å². The molecule has 5 nitrogen and oxygen atoms in total. The van der Waals surface area contributed by atoms with Gasteiger partial charge in [-0.1, -0.05) is 28.1 Å². The molecule has 2 aromatic rings. The second-order valence-corrected chi connectivity index (χ2v) is 7.98. The number of hydrogen-bond donors (Lipinski definition) is 1. The minimum absolute atomic E-state index is 0.0814. The van der Waals surface area contributed by atoms with Crippen molar-refractivity contribution in [2.75, 3.05) is 12.0 Å². The van der Waals surface area contributed by atoms with E-state index < -0.39 is 5.92 Å². The van der Waals surface area contributed by atoms with Gasteiger partial charge in [-0.05, 0) is 54.8 Å². The van der Waals surface area contributed by atoms with Crippen LogP contribution in [0.2, 0.25) is 0 Å². The van der Waals surface area contributed by atoms with Crippen LogP contribution in [-0.4, -0.2) is 12.9 Å². The Kier molecular flexibility index (Phi) is 5.16. The van der Waals surface area contributed by atoms with Gasteiger partial charge >= 0.3 is 0 Å². The lowest BCUT2D eigenvalue weighted by Gasteiger charge is -2.39. The number of nitriles is 1. The molecule has 0 bridgehead atoms. The number of nitrogens with two attached hydrogens (primary N) is 1. The molecule has 0 fully saturated rings. The van der Waals surface area contributed by atoms with E-state index in [1.807, 2.05) is 53.4 Å². The van der Waals surface area contributed by atoms with Gasteiger partial charge in [-0.25, -0.2) is 0 Å². The van der Waals surface area contributed by atoms with Crippen molar-refractivity contribution in [2.24, 2.45) is 5.73 Å². The molecule has 0 saturated carbocycles. The molecule has 0 aromatic heterocycles. The van der Waals surface area contributed by atoms with Crippen LogP contribution in [0.25, 0.3) is 0 Å². The number of benzene rings is 2. The first-order valence-electron chi connectivity index (χ1n) is 9.40. The molecule has 1 aliphatic heterocycles. The van der Waals surface area contributed by atoms with E-state index in [0.717, 1.165) is 40.0 Å². The largest absolute Gasteiger partial charge is 0.497 e. The molecule has 1 heterocycles. The maximum absolute atomic E-state index is 13.0. The van der Waals surface area contributed by atoms with Crippen molar-refractivity contribution in [1.82, 2.24) is 0 Å². The number of halogens is 1. The third-order valence-electron chi connectivity index (χ3n) is 5.45. The number of ether oxygens (including phenoxy) is 1. The van der Waals surface area contributed by atoms with Gasteiger partial charge in [-0.15, -0.1) is 0 Å². The first kappa shape index (κ1) is 19.3. The van der Waals surface area contributed by atoms with E-state index in [9.17, 15) is 10.1 Å². The third kappa shape index (κ3) is 3.32. The molecule has 2 aliphatic rings. The molecule has 0 spiro atoms. The second kappa shape index (κ2) is 7.76. The standard InChI is InChI=1S/C23H20BrN3O2/c1-29-17-11-9-16(10-12-17)27-19-3-2-4-20(28)22(19)21(18(13-25)23(27)26)14-5-7-15(24)8-6-14/h5-12,21H,2-4,26H2,1H3/t21-/m0/s1. The zero-order chi connectivity index (χ0) is 20.5. The Morgan fingerprint density at radius 2 is 1.83 bits per heavy atom. The monoisotopic (exact) mass is 449 g/mol. The van der Waals surface area contributed by atoms with Gasteiger partial charge in [0, 0.05) is 27.9 Å². The highest BCUT2D eigenvalue weighted by atomic mass is 79.9. The second-order valence-electron chi connectivity index (χ2n) is 7.07. The first-order chi connectivity index (χ1) is 14.0. The fraction of sp³-hybridized carbons (Fsp3) is 0.217. The summed E-state index contributed by atoms with van der Waals surface area (Å²) < 4.78 is 6.19. The van der Waals surface area contributed by atoms with Gasteiger partial charge in [0.15, 0.2) is 5.78 Å². The van der Waals surface area contributed by atoms with E-state index in [0.29, 0.717) is 23.4 Å². The number of nitrogens with zero attached hydrogens (tertiary/aromatic N) is 2. The summed E-state index contributed by atoms with van der Waals surface area (Å²) in [5.41, 5.74) is 10.2. The molecule has 4 rings (SSSR count). The van der Waals surface area contributed by atoms with Crippen molar-refractivity contribution in [3.8, 4) is 11.8 Å². The van der Waals surface area contributed by atoms with Crippen LogP contribution in [0.15, 0.2) is 75.7 Å². The zero-order valence-corrected chi connectivity index (χ0v) is 17.6. The lowest BCUT2D eigenvalue weighted by molar-refractivity contribution is -0.116. The Labute approximate surface area is 178 Å². The average molecular weight is 450 g/mol. The third-order valence-corrected chi connectivity index (χ3v) is 5.98. The Morgan fingerprint density at radius 1 is 1.14 bits per heavy atom. The normalized spacial score (nSPS) is 19.1. The lowest BCUT2D eigenvalue weighted by Crippen LogP contribution is -2.38. The number of anilines is 1. The topological polar surface area (TPSA) is 79.3 Å². The Bertz CT molecular complexity index is 1060. The van der Waals surface area contributed by atoms with Gasteiger partial charge in [-0.2, -0.15) is 5.26 Å². The van der Waals surface area contributed by atoms with Gasteiger partial charge < -0.3 is 10.5 Å². The molecule has 2 N–H and O–H groups in total. The van der Waals surface area contributed by atoms with Crippen molar-refractivity contribution in [3.63, 3.8) is 0 Å². The summed E-state index contributed by atoms with van der Waals surface area (Å²) in [4.78, 5) is 14.9. The molecule has 1 atom stereocenters. The molecule has 6 heteroatoms. The quantitative estimate of drug-likeness (QED) is 0.730. The summed E-state index contributed by atoms with van der Waals surface area (Å²) in [6.45, 7) is 0. The van der Waals surface area contributed by atoms with Gasteiger partial charge in [0.25, 0.3) is 0 Å². The SMILES string of the molecule is COc1ccc(N2C(N)=C(C#N)[C@H](c3ccc(Br)cc3)C3=C2CCCC3=O)cc1. The van der Waals surface area contributed by atoms with Crippen LogP contribution >= 0.6 is 15.9 Å². The van der Waals surface area contributed by atoms with Crippen molar-refractivity contribution in [1.29, 1.82) is 5.26 Å². The van der Waals surface area contributed by atoms with Crippen LogP contribution in [0, 0.1) is 11.3 Å². The van der Waals surface area contributed by atoms with E-state index in [4.69, 9.17) is 10.5 Å². The van der Waals surface area contributed by atoms with Crippen molar-refractivity contribution in [2.45, 2.75) is 25.2 Å². The summed E-state index contributed by atoms with van der Waals surface area (Å²) >= 11 is 3.45. The molecule has 2 aromatic carbocycles. The fourth-order valence-corrected chi connectivity index (χ4v) is 4.37. The van der Waals surface area contributed by atoms with Crippen LogP contribution in [-0.2, 0) is 4.79 Å². The van der Waals surface area contributed by atoms with Crippen molar-refractivity contribution < 1.29 is 9.53 Å². The summed E-state index contributed by atoms with van der Waals surface area (Å²) in [5.74, 6) is 0.748. The van der Waals surface area contributed by atoms with E-state index >= 15 is 0 Å². The number of ketones is 1. The molecule has 0 saturated heterocycles. The molecular formula is C23H20BrN3O2. The minimum Gasteiger partial charge on any atom is -0.497 e. The maximum atomic E-state index is 13.0. The number of carbonyl (C=O) groups excluding carboxylic acids is 1. The maximum Gasteiger partial charge on any atom is 0.161 e. The highest BCUT2D eigenvalue weighted by molar-refractivity contribution is 9.10. The molecular weight excluding hydrogens is 430 g/mol. The van der Waals surface area contributed by atoms with Gasteiger partial charge in [0.1, 0.15) is 11.6 Å². The van der Waals surface area contributed by atoms with Gasteiger partial charge in [0.05, 0.1) is 24.7 Å². The minimum atomic E-state index is -0.439. The average Bonchev–Trinajstić information content (AvgIpc) is 2.74. The molecule has 0 amide bonds. The highest BCUT2D eigenvalue weighted by Gasteiger charge is 2.40. The number of allylic oxidation sites excluding steroid dienone is 3. The van der Waals surface area contributed by atoms with Crippen LogP contribution in [0.5, 0.6) is 5.75 Å². The zero-order valence-electron chi connectivity index (χ0n) is 16.0. The molecule has 0 unspecified atom stereocenters. The Morgan fingerprint density at radius 3 is 2.45 bits per heavy atom. The highest BCUT2D eigenvalue weighted by Crippen LogP contribution is 2.46. The lowest BCUT2D eigenvalue weighted by atomic mass is 9.75. The molecule has 0 radical (unpaired) electrons.